The summed E-state index contributed by atoms with van der Waals surface area (Å²) in [6, 6.07) is 12.0. The van der Waals surface area contributed by atoms with E-state index in [1.54, 1.807) is 0 Å². The predicted molar refractivity (Wildman–Crippen MR) is 110 cm³/mol. The first kappa shape index (κ1) is 18.2. The van der Waals surface area contributed by atoms with E-state index in [0.717, 1.165) is 66.6 Å². The number of hydrogen-bond donors (Lipinski definition) is 1. The Balaban J connectivity index is 1.62. The zero-order valence-electron chi connectivity index (χ0n) is 15.5. The third-order valence-electron chi connectivity index (χ3n) is 5.20. The van der Waals surface area contributed by atoms with Gasteiger partial charge in [-0.3, -0.25) is 10.1 Å². The van der Waals surface area contributed by atoms with E-state index >= 15 is 0 Å². The Morgan fingerprint density at radius 3 is 2.37 bits per heavy atom. The Hall–Kier alpha value is -2.21. The maximum Gasteiger partial charge on any atom is 0.100 e. The minimum absolute atomic E-state index is 0.732. The van der Waals surface area contributed by atoms with Gasteiger partial charge in [0, 0.05) is 73.4 Å². The van der Waals surface area contributed by atoms with Crippen molar-refractivity contribution in [2.45, 2.75) is 6.42 Å². The molecular formula is C21H24ClN5. The molecule has 0 atom stereocenters. The topological polar surface area (TPSA) is 48.0 Å². The summed E-state index contributed by atoms with van der Waals surface area (Å²) in [4.78, 5) is 9.07. The van der Waals surface area contributed by atoms with Crippen LogP contribution in [0.4, 0.5) is 0 Å². The second-order valence-corrected chi connectivity index (χ2v) is 7.50. The number of benzene rings is 1. The summed E-state index contributed by atoms with van der Waals surface area (Å²) < 4.78 is 0. The van der Waals surface area contributed by atoms with E-state index in [0.29, 0.717) is 0 Å². The van der Waals surface area contributed by atoms with Crippen molar-refractivity contribution in [3.8, 4) is 22.4 Å². The molecule has 0 saturated carbocycles. The summed E-state index contributed by atoms with van der Waals surface area (Å²) >= 11 is 6.06. The molecule has 5 nitrogen and oxygen atoms in total. The number of halogens is 1. The van der Waals surface area contributed by atoms with Gasteiger partial charge < -0.3 is 9.80 Å². The lowest BCUT2D eigenvalue weighted by Gasteiger charge is -2.32. The van der Waals surface area contributed by atoms with Crippen LogP contribution in [0.15, 0.2) is 48.8 Å². The van der Waals surface area contributed by atoms with Gasteiger partial charge in [-0.1, -0.05) is 23.7 Å². The fourth-order valence-electron chi connectivity index (χ4n) is 3.55. The molecule has 0 unspecified atom stereocenters. The van der Waals surface area contributed by atoms with Crippen molar-refractivity contribution in [2.24, 2.45) is 0 Å². The first-order valence-corrected chi connectivity index (χ1v) is 9.73. The van der Waals surface area contributed by atoms with E-state index in [9.17, 15) is 0 Å². The lowest BCUT2D eigenvalue weighted by atomic mass is 9.98. The van der Waals surface area contributed by atoms with Gasteiger partial charge in [0.15, 0.2) is 0 Å². The lowest BCUT2D eigenvalue weighted by Crippen LogP contribution is -2.45. The summed E-state index contributed by atoms with van der Waals surface area (Å²) in [7, 11) is 2.19. The number of aromatic nitrogens is 3. The summed E-state index contributed by atoms with van der Waals surface area (Å²) in [5.74, 6) is 0. The molecule has 1 fully saturated rings. The van der Waals surface area contributed by atoms with Crippen LogP contribution < -0.4 is 0 Å². The summed E-state index contributed by atoms with van der Waals surface area (Å²) in [6.45, 7) is 5.55. The third-order valence-corrected chi connectivity index (χ3v) is 5.45. The number of pyridine rings is 1. The van der Waals surface area contributed by atoms with Crippen molar-refractivity contribution in [1.82, 2.24) is 25.0 Å². The molecule has 0 spiro atoms. The Kier molecular flexibility index (Phi) is 5.53. The molecule has 4 rings (SSSR count). The molecule has 0 aliphatic carbocycles. The zero-order valence-corrected chi connectivity index (χ0v) is 16.3. The second kappa shape index (κ2) is 8.21. The maximum atomic E-state index is 6.06. The number of likely N-dealkylation sites (N-methyl/N-ethyl adjacent to an activating group) is 1. The molecule has 1 aliphatic rings. The average Bonchev–Trinajstić information content (AvgIpc) is 3.13. The highest BCUT2D eigenvalue weighted by Gasteiger charge is 2.19. The van der Waals surface area contributed by atoms with Crippen molar-refractivity contribution in [2.75, 3.05) is 39.8 Å². The van der Waals surface area contributed by atoms with Gasteiger partial charge in [0.1, 0.15) is 5.69 Å². The van der Waals surface area contributed by atoms with Gasteiger partial charge in [-0.2, -0.15) is 5.10 Å². The molecule has 0 amide bonds. The molecule has 0 bridgehead atoms. The van der Waals surface area contributed by atoms with Crippen molar-refractivity contribution in [1.29, 1.82) is 0 Å². The van der Waals surface area contributed by atoms with Gasteiger partial charge in [0.05, 0.1) is 0 Å². The predicted octanol–water partition coefficient (Wildman–Crippen LogP) is 3.58. The van der Waals surface area contributed by atoms with Crippen molar-refractivity contribution in [3.63, 3.8) is 0 Å². The number of nitrogens with one attached hydrogen (secondary N) is 1. The lowest BCUT2D eigenvalue weighted by molar-refractivity contribution is 0.155. The molecule has 3 heterocycles. The largest absolute Gasteiger partial charge is 0.304 e. The summed E-state index contributed by atoms with van der Waals surface area (Å²) in [6.07, 6.45) is 4.61. The molecule has 0 radical (unpaired) electrons. The van der Waals surface area contributed by atoms with Gasteiger partial charge in [0.25, 0.3) is 0 Å². The number of rotatable bonds is 5. The third kappa shape index (κ3) is 4.21. The maximum absolute atomic E-state index is 6.06. The quantitative estimate of drug-likeness (QED) is 0.733. The van der Waals surface area contributed by atoms with Gasteiger partial charge >= 0.3 is 0 Å². The normalized spacial score (nSPS) is 15.9. The van der Waals surface area contributed by atoms with Crippen molar-refractivity contribution < 1.29 is 0 Å². The standard InChI is InChI=1S/C21H24ClN5/c1-26-12-14-27(15-13-26)11-8-19-20(16-6-9-23-10-7-16)21(25-24-19)17-2-4-18(22)5-3-17/h2-7,9-10H,8,11-15H2,1H3,(H,24,25). The van der Waals surface area contributed by atoms with Crippen LogP contribution in [0.1, 0.15) is 5.69 Å². The molecule has 2 aromatic heterocycles. The van der Waals surface area contributed by atoms with Crippen LogP contribution >= 0.6 is 11.6 Å². The monoisotopic (exact) mass is 381 g/mol. The Morgan fingerprint density at radius 1 is 0.963 bits per heavy atom. The Bertz CT molecular complexity index is 867. The highest BCUT2D eigenvalue weighted by atomic mass is 35.5. The molecule has 1 aliphatic heterocycles. The van der Waals surface area contributed by atoms with Crippen LogP contribution in [0.5, 0.6) is 0 Å². The highest BCUT2D eigenvalue weighted by Crippen LogP contribution is 2.33. The zero-order chi connectivity index (χ0) is 18.6. The number of H-pyrrole nitrogens is 1. The van der Waals surface area contributed by atoms with E-state index in [1.807, 2.05) is 48.8 Å². The van der Waals surface area contributed by atoms with Crippen LogP contribution in [0, 0.1) is 0 Å². The highest BCUT2D eigenvalue weighted by molar-refractivity contribution is 6.30. The Labute approximate surface area is 165 Å². The van der Waals surface area contributed by atoms with Crippen molar-refractivity contribution in [3.05, 3.63) is 59.5 Å². The second-order valence-electron chi connectivity index (χ2n) is 7.06. The molecule has 1 N–H and O–H groups in total. The van der Waals surface area contributed by atoms with Gasteiger partial charge in [-0.05, 0) is 36.9 Å². The minimum atomic E-state index is 0.732. The summed E-state index contributed by atoms with van der Waals surface area (Å²) in [5.41, 5.74) is 5.50. The van der Waals surface area contributed by atoms with Gasteiger partial charge in [-0.25, -0.2) is 0 Å². The first-order chi connectivity index (χ1) is 13.2. The Morgan fingerprint density at radius 2 is 1.67 bits per heavy atom. The fourth-order valence-corrected chi connectivity index (χ4v) is 3.67. The van der Waals surface area contributed by atoms with E-state index in [1.165, 1.54) is 5.69 Å². The van der Waals surface area contributed by atoms with Gasteiger partial charge in [0.2, 0.25) is 0 Å². The molecule has 6 heteroatoms. The number of hydrogen-bond acceptors (Lipinski definition) is 4. The van der Waals surface area contributed by atoms with Crippen LogP contribution in [-0.4, -0.2) is 64.8 Å². The molecule has 1 saturated heterocycles. The minimum Gasteiger partial charge on any atom is -0.304 e. The van der Waals surface area contributed by atoms with E-state index in [2.05, 4.69) is 32.0 Å². The summed E-state index contributed by atoms with van der Waals surface area (Å²) in [5, 5.41) is 8.68. The SMILES string of the molecule is CN1CCN(CCc2[nH]nc(-c3ccc(Cl)cc3)c2-c2ccncc2)CC1. The fraction of sp³-hybridized carbons (Fsp3) is 0.333. The number of piperazine rings is 1. The first-order valence-electron chi connectivity index (χ1n) is 9.35. The van der Waals surface area contributed by atoms with E-state index < -0.39 is 0 Å². The average molecular weight is 382 g/mol. The van der Waals surface area contributed by atoms with Crippen molar-refractivity contribution >= 4 is 11.6 Å². The smallest absolute Gasteiger partial charge is 0.100 e. The molecular weight excluding hydrogens is 358 g/mol. The molecule has 1 aromatic carbocycles. The van der Waals surface area contributed by atoms with Crippen LogP contribution in [-0.2, 0) is 6.42 Å². The van der Waals surface area contributed by atoms with Crippen LogP contribution in [0.25, 0.3) is 22.4 Å². The number of nitrogens with zero attached hydrogens (tertiary/aromatic N) is 4. The molecule has 140 valence electrons. The van der Waals surface area contributed by atoms with E-state index in [-0.39, 0.29) is 0 Å². The number of aromatic amines is 1. The molecule has 27 heavy (non-hydrogen) atoms. The molecule has 3 aromatic rings. The van der Waals surface area contributed by atoms with Crippen LogP contribution in [0.2, 0.25) is 5.02 Å². The van der Waals surface area contributed by atoms with E-state index in [4.69, 9.17) is 11.6 Å². The van der Waals surface area contributed by atoms with Gasteiger partial charge in [-0.15, -0.1) is 0 Å². The van der Waals surface area contributed by atoms with Crippen LogP contribution in [0.3, 0.4) is 0 Å².